The van der Waals surface area contributed by atoms with Crippen LogP contribution in [0.2, 0.25) is 0 Å². The molecule has 0 saturated heterocycles. The fourth-order valence-electron chi connectivity index (χ4n) is 1.86. The van der Waals surface area contributed by atoms with E-state index in [4.69, 9.17) is 5.11 Å². The number of benzene rings is 1. The van der Waals surface area contributed by atoms with Crippen molar-refractivity contribution in [1.29, 1.82) is 0 Å². The van der Waals surface area contributed by atoms with E-state index in [2.05, 4.69) is 19.1 Å². The lowest BCUT2D eigenvalue weighted by molar-refractivity contribution is 0.281. The highest BCUT2D eigenvalue weighted by atomic mass is 16.3. The van der Waals surface area contributed by atoms with E-state index in [9.17, 15) is 0 Å². The highest BCUT2D eigenvalue weighted by Crippen LogP contribution is 2.41. The Kier molecular flexibility index (Phi) is 2.36. The fraction of sp³-hybridized carbons (Fsp3) is 0.500. The summed E-state index contributed by atoms with van der Waals surface area (Å²) in [4.78, 5) is 0. The van der Waals surface area contributed by atoms with Crippen LogP contribution in [0, 0.1) is 0 Å². The van der Waals surface area contributed by atoms with Crippen LogP contribution in [0.1, 0.15) is 42.4 Å². The zero-order valence-corrected chi connectivity index (χ0v) is 8.09. The Morgan fingerprint density at radius 1 is 1.38 bits per heavy atom. The van der Waals surface area contributed by atoms with Crippen molar-refractivity contribution < 1.29 is 5.11 Å². The average Bonchev–Trinajstić information content (AvgIpc) is 3.00. The molecule has 13 heavy (non-hydrogen) atoms. The lowest BCUT2D eigenvalue weighted by Gasteiger charge is -2.07. The van der Waals surface area contributed by atoms with Crippen LogP contribution in [-0.2, 0) is 13.0 Å². The molecule has 0 bridgehead atoms. The van der Waals surface area contributed by atoms with E-state index in [1.807, 2.05) is 6.07 Å². The third kappa shape index (κ3) is 1.75. The van der Waals surface area contributed by atoms with Gasteiger partial charge in [-0.3, -0.25) is 0 Å². The number of aryl methyl sites for hydroxylation is 1. The van der Waals surface area contributed by atoms with Crippen molar-refractivity contribution in [3.63, 3.8) is 0 Å². The van der Waals surface area contributed by atoms with E-state index in [0.717, 1.165) is 17.9 Å². The van der Waals surface area contributed by atoms with Crippen LogP contribution in [0.4, 0.5) is 0 Å². The molecule has 1 nitrogen and oxygen atoms in total. The quantitative estimate of drug-likeness (QED) is 0.750. The summed E-state index contributed by atoms with van der Waals surface area (Å²) in [5.41, 5.74) is 3.98. The lowest BCUT2D eigenvalue weighted by Crippen LogP contribution is -1.93. The van der Waals surface area contributed by atoms with Gasteiger partial charge in [0.15, 0.2) is 0 Å². The van der Waals surface area contributed by atoms with Crippen molar-refractivity contribution in [2.45, 2.75) is 38.7 Å². The van der Waals surface area contributed by atoms with Crippen molar-refractivity contribution in [2.75, 3.05) is 0 Å². The predicted molar refractivity (Wildman–Crippen MR) is 53.7 cm³/mol. The molecule has 1 heteroatoms. The Morgan fingerprint density at radius 3 is 2.69 bits per heavy atom. The monoisotopic (exact) mass is 176 g/mol. The molecule has 1 N–H and O–H groups in total. The Balaban J connectivity index is 2.33. The van der Waals surface area contributed by atoms with E-state index in [-0.39, 0.29) is 6.61 Å². The van der Waals surface area contributed by atoms with Gasteiger partial charge in [0.05, 0.1) is 6.61 Å². The molecule has 70 valence electrons. The van der Waals surface area contributed by atoms with Crippen molar-refractivity contribution in [1.82, 2.24) is 0 Å². The molecular weight excluding hydrogens is 160 g/mol. The van der Waals surface area contributed by atoms with Crippen LogP contribution in [0.15, 0.2) is 18.2 Å². The maximum absolute atomic E-state index is 9.00. The summed E-state index contributed by atoms with van der Waals surface area (Å²) in [5, 5.41) is 9.00. The minimum atomic E-state index is 0.165. The Bertz CT molecular complexity index is 300. The number of hydrogen-bond donors (Lipinski definition) is 1. The normalized spacial score (nSPS) is 16.2. The number of aliphatic hydroxyl groups excluding tert-OH is 1. The van der Waals surface area contributed by atoms with Gasteiger partial charge in [0.2, 0.25) is 0 Å². The third-order valence-electron chi connectivity index (χ3n) is 2.79. The van der Waals surface area contributed by atoms with Gasteiger partial charge < -0.3 is 5.11 Å². The SMILES string of the molecule is CCc1cc(CO)ccc1C1CC1. The summed E-state index contributed by atoms with van der Waals surface area (Å²) in [7, 11) is 0. The minimum Gasteiger partial charge on any atom is -0.392 e. The maximum Gasteiger partial charge on any atom is 0.0681 e. The summed E-state index contributed by atoms with van der Waals surface area (Å²) in [5.74, 6) is 0.822. The zero-order chi connectivity index (χ0) is 9.26. The van der Waals surface area contributed by atoms with Crippen molar-refractivity contribution in [3.8, 4) is 0 Å². The van der Waals surface area contributed by atoms with Crippen LogP contribution in [0.3, 0.4) is 0 Å². The average molecular weight is 176 g/mol. The molecule has 1 aromatic rings. The Morgan fingerprint density at radius 2 is 2.15 bits per heavy atom. The molecule has 1 fully saturated rings. The molecular formula is C12H16O. The summed E-state index contributed by atoms with van der Waals surface area (Å²) in [6.07, 6.45) is 3.79. The van der Waals surface area contributed by atoms with Crippen LogP contribution >= 0.6 is 0 Å². The van der Waals surface area contributed by atoms with Gasteiger partial charge in [0.25, 0.3) is 0 Å². The molecule has 0 spiro atoms. The standard InChI is InChI=1S/C12H16O/c1-2-10-7-9(8-13)3-6-12(10)11-4-5-11/h3,6-7,11,13H,2,4-5,8H2,1H3. The van der Waals surface area contributed by atoms with Crippen LogP contribution in [0.25, 0.3) is 0 Å². The van der Waals surface area contributed by atoms with E-state index < -0.39 is 0 Å². The zero-order valence-electron chi connectivity index (χ0n) is 8.09. The van der Waals surface area contributed by atoms with E-state index >= 15 is 0 Å². The molecule has 0 aromatic heterocycles. The predicted octanol–water partition coefficient (Wildman–Crippen LogP) is 2.62. The molecule has 1 aromatic carbocycles. The van der Waals surface area contributed by atoms with Crippen molar-refractivity contribution in [3.05, 3.63) is 34.9 Å². The molecule has 0 unspecified atom stereocenters. The van der Waals surface area contributed by atoms with Crippen molar-refractivity contribution >= 4 is 0 Å². The molecule has 0 amide bonds. The second-order valence-corrected chi connectivity index (χ2v) is 3.82. The van der Waals surface area contributed by atoms with Gasteiger partial charge in [-0.25, -0.2) is 0 Å². The number of hydrogen-bond acceptors (Lipinski definition) is 1. The highest BCUT2D eigenvalue weighted by molar-refractivity contribution is 5.36. The number of aliphatic hydroxyl groups is 1. The molecule has 0 atom stereocenters. The van der Waals surface area contributed by atoms with Gasteiger partial charge >= 0.3 is 0 Å². The molecule has 1 aliphatic carbocycles. The van der Waals surface area contributed by atoms with Gasteiger partial charge in [0.1, 0.15) is 0 Å². The van der Waals surface area contributed by atoms with Gasteiger partial charge in [-0.15, -0.1) is 0 Å². The molecule has 0 heterocycles. The first-order valence-corrected chi connectivity index (χ1v) is 5.07. The molecule has 0 radical (unpaired) electrons. The second-order valence-electron chi connectivity index (χ2n) is 3.82. The van der Waals surface area contributed by atoms with E-state index in [0.29, 0.717) is 0 Å². The fourth-order valence-corrected chi connectivity index (χ4v) is 1.86. The van der Waals surface area contributed by atoms with Gasteiger partial charge in [0, 0.05) is 0 Å². The molecule has 1 saturated carbocycles. The van der Waals surface area contributed by atoms with Crippen LogP contribution in [-0.4, -0.2) is 5.11 Å². The summed E-state index contributed by atoms with van der Waals surface area (Å²) >= 11 is 0. The van der Waals surface area contributed by atoms with Gasteiger partial charge in [-0.1, -0.05) is 25.1 Å². The summed E-state index contributed by atoms with van der Waals surface area (Å²) < 4.78 is 0. The smallest absolute Gasteiger partial charge is 0.0681 e. The Hall–Kier alpha value is -0.820. The first-order chi connectivity index (χ1) is 6.35. The van der Waals surface area contributed by atoms with Crippen LogP contribution < -0.4 is 0 Å². The highest BCUT2D eigenvalue weighted by Gasteiger charge is 2.25. The van der Waals surface area contributed by atoms with E-state index in [1.165, 1.54) is 24.0 Å². The maximum atomic E-state index is 9.00. The van der Waals surface area contributed by atoms with Gasteiger partial charge in [-0.2, -0.15) is 0 Å². The lowest BCUT2D eigenvalue weighted by atomic mass is 9.99. The molecule has 1 aliphatic rings. The molecule has 0 aliphatic heterocycles. The summed E-state index contributed by atoms with van der Waals surface area (Å²) in [6, 6.07) is 6.39. The largest absolute Gasteiger partial charge is 0.392 e. The second kappa shape index (κ2) is 3.51. The Labute approximate surface area is 79.4 Å². The van der Waals surface area contributed by atoms with Gasteiger partial charge in [-0.05, 0) is 41.9 Å². The topological polar surface area (TPSA) is 20.2 Å². The first kappa shape index (κ1) is 8.76. The minimum absolute atomic E-state index is 0.165. The molecule has 2 rings (SSSR count). The third-order valence-corrected chi connectivity index (χ3v) is 2.79. The van der Waals surface area contributed by atoms with Crippen molar-refractivity contribution in [2.24, 2.45) is 0 Å². The summed E-state index contributed by atoms with van der Waals surface area (Å²) in [6.45, 7) is 2.35. The van der Waals surface area contributed by atoms with E-state index in [1.54, 1.807) is 0 Å². The first-order valence-electron chi connectivity index (χ1n) is 5.07. The number of rotatable bonds is 3. The van der Waals surface area contributed by atoms with Crippen LogP contribution in [0.5, 0.6) is 0 Å².